The Morgan fingerprint density at radius 3 is 2.46 bits per heavy atom. The van der Waals surface area contributed by atoms with Crippen molar-refractivity contribution < 1.29 is 4.79 Å². The van der Waals surface area contributed by atoms with Gasteiger partial charge in [0.25, 0.3) is 5.91 Å². The largest absolute Gasteiger partial charge is 0.357 e. The van der Waals surface area contributed by atoms with E-state index in [9.17, 15) is 4.79 Å². The van der Waals surface area contributed by atoms with Crippen molar-refractivity contribution in [3.63, 3.8) is 0 Å². The highest BCUT2D eigenvalue weighted by Crippen LogP contribution is 2.17. The summed E-state index contributed by atoms with van der Waals surface area (Å²) in [7, 11) is 3.51. The number of guanidine groups is 1. The maximum atomic E-state index is 12.0. The third-order valence-corrected chi connectivity index (χ3v) is 5.35. The zero-order chi connectivity index (χ0) is 20.5. The summed E-state index contributed by atoms with van der Waals surface area (Å²) in [6, 6.07) is 7.61. The first kappa shape index (κ1) is 21.9. The van der Waals surface area contributed by atoms with Crippen LogP contribution in [0, 0.1) is 6.92 Å². The van der Waals surface area contributed by atoms with Crippen molar-refractivity contribution in [3.05, 3.63) is 51.0 Å². The third kappa shape index (κ3) is 6.34. The van der Waals surface area contributed by atoms with Crippen LogP contribution in [-0.2, 0) is 19.4 Å². The first-order chi connectivity index (χ1) is 13.4. The van der Waals surface area contributed by atoms with Gasteiger partial charge < -0.3 is 15.5 Å². The molecular weight excluding hydrogens is 370 g/mol. The monoisotopic (exact) mass is 401 g/mol. The molecule has 1 amide bonds. The summed E-state index contributed by atoms with van der Waals surface area (Å²) >= 11 is 1.78. The SMILES string of the molecule is CCNC(=NCc1ccc(C(=O)N(C)C)cc1)NCCc1nc(CC)c(C)s1. The number of nitrogens with one attached hydrogen (secondary N) is 2. The molecule has 0 aliphatic rings. The molecule has 152 valence electrons. The van der Waals surface area contributed by atoms with Crippen molar-refractivity contribution in [1.82, 2.24) is 20.5 Å². The van der Waals surface area contributed by atoms with E-state index in [4.69, 9.17) is 0 Å². The van der Waals surface area contributed by atoms with E-state index in [2.05, 4.69) is 41.4 Å². The number of hydrogen-bond donors (Lipinski definition) is 2. The number of nitrogens with zero attached hydrogens (tertiary/aromatic N) is 3. The van der Waals surface area contributed by atoms with Crippen molar-refractivity contribution in [3.8, 4) is 0 Å². The summed E-state index contributed by atoms with van der Waals surface area (Å²) in [5, 5.41) is 7.81. The molecule has 0 saturated heterocycles. The van der Waals surface area contributed by atoms with Gasteiger partial charge in [-0.3, -0.25) is 4.79 Å². The van der Waals surface area contributed by atoms with Crippen LogP contribution in [0.3, 0.4) is 0 Å². The van der Waals surface area contributed by atoms with Gasteiger partial charge in [0.05, 0.1) is 17.2 Å². The molecule has 0 aliphatic carbocycles. The molecule has 1 aromatic carbocycles. The Morgan fingerprint density at radius 2 is 1.89 bits per heavy atom. The molecule has 0 aliphatic heterocycles. The van der Waals surface area contributed by atoms with Gasteiger partial charge >= 0.3 is 0 Å². The van der Waals surface area contributed by atoms with Crippen LogP contribution in [0.2, 0.25) is 0 Å². The number of rotatable bonds is 8. The number of amides is 1. The molecule has 2 aromatic rings. The van der Waals surface area contributed by atoms with Gasteiger partial charge in [0.1, 0.15) is 0 Å². The molecule has 0 spiro atoms. The number of carbonyl (C=O) groups excluding carboxylic acids is 1. The zero-order valence-corrected chi connectivity index (χ0v) is 18.3. The Balaban J connectivity index is 1.91. The zero-order valence-electron chi connectivity index (χ0n) is 17.5. The first-order valence-corrected chi connectivity index (χ1v) is 10.5. The number of aryl methyl sites for hydroxylation is 2. The molecule has 2 N–H and O–H groups in total. The van der Waals surface area contributed by atoms with E-state index >= 15 is 0 Å². The van der Waals surface area contributed by atoms with E-state index in [-0.39, 0.29) is 5.91 Å². The van der Waals surface area contributed by atoms with Crippen LogP contribution in [0.4, 0.5) is 0 Å². The lowest BCUT2D eigenvalue weighted by atomic mass is 10.1. The Kier molecular flexibility index (Phi) is 8.44. The summed E-state index contributed by atoms with van der Waals surface area (Å²) in [6.45, 7) is 8.48. The van der Waals surface area contributed by atoms with Gasteiger partial charge in [-0.15, -0.1) is 11.3 Å². The van der Waals surface area contributed by atoms with Crippen LogP contribution in [0.15, 0.2) is 29.3 Å². The molecule has 2 rings (SSSR count). The Labute approximate surface area is 172 Å². The van der Waals surface area contributed by atoms with E-state index in [1.54, 1.807) is 30.3 Å². The van der Waals surface area contributed by atoms with Crippen LogP contribution < -0.4 is 10.6 Å². The second-order valence-electron chi connectivity index (χ2n) is 6.73. The van der Waals surface area contributed by atoms with Crippen LogP contribution in [-0.4, -0.2) is 48.9 Å². The molecule has 0 bridgehead atoms. The lowest BCUT2D eigenvalue weighted by Gasteiger charge is -2.11. The standard InChI is InChI=1S/C21H31N5OS/c1-6-18-15(3)28-19(25-18)12-13-23-21(22-7-2)24-14-16-8-10-17(11-9-16)20(27)26(4)5/h8-11H,6-7,12-14H2,1-5H3,(H2,22,23,24). The second-order valence-corrected chi connectivity index (χ2v) is 8.02. The molecule has 28 heavy (non-hydrogen) atoms. The lowest BCUT2D eigenvalue weighted by molar-refractivity contribution is 0.0827. The summed E-state index contributed by atoms with van der Waals surface area (Å²) in [6.07, 6.45) is 1.87. The summed E-state index contributed by atoms with van der Waals surface area (Å²) in [5.41, 5.74) is 2.96. The molecule has 0 radical (unpaired) electrons. The average Bonchev–Trinajstić information content (AvgIpc) is 3.05. The molecule has 0 saturated carbocycles. The molecule has 7 heteroatoms. The molecule has 6 nitrogen and oxygen atoms in total. The minimum absolute atomic E-state index is 0.00807. The van der Waals surface area contributed by atoms with Crippen molar-refractivity contribution in [2.75, 3.05) is 27.2 Å². The fourth-order valence-electron chi connectivity index (χ4n) is 2.73. The second kappa shape index (κ2) is 10.8. The van der Waals surface area contributed by atoms with Gasteiger partial charge in [-0.25, -0.2) is 9.98 Å². The summed E-state index contributed by atoms with van der Waals surface area (Å²) < 4.78 is 0. The molecule has 0 unspecified atom stereocenters. The van der Waals surface area contributed by atoms with Crippen LogP contribution in [0.1, 0.15) is 45.3 Å². The number of aliphatic imine (C=N–C) groups is 1. The van der Waals surface area contributed by atoms with Crippen molar-refractivity contribution in [1.29, 1.82) is 0 Å². The number of thiazole rings is 1. The molecule has 1 aromatic heterocycles. The number of carbonyl (C=O) groups is 1. The topological polar surface area (TPSA) is 69.6 Å². The van der Waals surface area contributed by atoms with Crippen LogP contribution in [0.5, 0.6) is 0 Å². The van der Waals surface area contributed by atoms with Crippen LogP contribution >= 0.6 is 11.3 Å². The number of benzene rings is 1. The van der Waals surface area contributed by atoms with E-state index < -0.39 is 0 Å². The Morgan fingerprint density at radius 1 is 1.18 bits per heavy atom. The highest BCUT2D eigenvalue weighted by Gasteiger charge is 2.08. The Bertz CT molecular complexity index is 796. The normalized spacial score (nSPS) is 11.4. The van der Waals surface area contributed by atoms with Gasteiger partial charge in [-0.2, -0.15) is 0 Å². The molecule has 0 fully saturated rings. The van der Waals surface area contributed by atoms with Gasteiger partial charge in [0, 0.05) is 44.0 Å². The Hall–Kier alpha value is -2.41. The van der Waals surface area contributed by atoms with Crippen LogP contribution in [0.25, 0.3) is 0 Å². The minimum Gasteiger partial charge on any atom is -0.357 e. The fourth-order valence-corrected chi connectivity index (χ4v) is 3.75. The predicted molar refractivity (Wildman–Crippen MR) is 117 cm³/mol. The maximum Gasteiger partial charge on any atom is 0.253 e. The van der Waals surface area contributed by atoms with E-state index in [1.165, 1.54) is 15.6 Å². The van der Waals surface area contributed by atoms with Gasteiger partial charge in [-0.05, 0) is 38.0 Å². The van der Waals surface area contributed by atoms with E-state index in [0.717, 1.165) is 37.5 Å². The third-order valence-electron chi connectivity index (χ3n) is 4.27. The summed E-state index contributed by atoms with van der Waals surface area (Å²) in [5.74, 6) is 0.800. The number of hydrogen-bond acceptors (Lipinski definition) is 4. The summed E-state index contributed by atoms with van der Waals surface area (Å²) in [4.78, 5) is 24.2. The highest BCUT2D eigenvalue weighted by atomic mass is 32.1. The van der Waals surface area contributed by atoms with E-state index in [0.29, 0.717) is 12.1 Å². The first-order valence-electron chi connectivity index (χ1n) is 9.72. The predicted octanol–water partition coefficient (Wildman–Crippen LogP) is 3.01. The average molecular weight is 402 g/mol. The maximum absolute atomic E-state index is 12.0. The molecular formula is C21H31N5OS. The van der Waals surface area contributed by atoms with Crippen molar-refractivity contribution >= 4 is 23.2 Å². The van der Waals surface area contributed by atoms with Gasteiger partial charge in [0.15, 0.2) is 5.96 Å². The smallest absolute Gasteiger partial charge is 0.253 e. The highest BCUT2D eigenvalue weighted by molar-refractivity contribution is 7.11. The van der Waals surface area contributed by atoms with Gasteiger partial charge in [-0.1, -0.05) is 19.1 Å². The molecule has 1 heterocycles. The molecule has 0 atom stereocenters. The lowest BCUT2D eigenvalue weighted by Crippen LogP contribution is -2.38. The van der Waals surface area contributed by atoms with E-state index in [1.807, 2.05) is 24.3 Å². The van der Waals surface area contributed by atoms with Gasteiger partial charge in [0.2, 0.25) is 0 Å². The minimum atomic E-state index is 0.00807. The quantitative estimate of drug-likeness (QED) is 0.527. The fraction of sp³-hybridized carbons (Fsp3) is 0.476. The van der Waals surface area contributed by atoms with Crippen molar-refractivity contribution in [2.24, 2.45) is 4.99 Å². The number of aromatic nitrogens is 1. The van der Waals surface area contributed by atoms with Crippen molar-refractivity contribution in [2.45, 2.75) is 40.2 Å².